The first kappa shape index (κ1) is 13.3. The highest BCUT2D eigenvalue weighted by molar-refractivity contribution is 5.79. The zero-order valence-corrected chi connectivity index (χ0v) is 11.2. The fourth-order valence-electron chi connectivity index (χ4n) is 2.53. The van der Waals surface area contributed by atoms with E-state index in [2.05, 4.69) is 4.90 Å². The molecule has 2 aliphatic rings. The number of hydrogen-bond donors (Lipinski definition) is 0. The highest BCUT2D eigenvalue weighted by Crippen LogP contribution is 2.25. The van der Waals surface area contributed by atoms with Crippen molar-refractivity contribution in [2.75, 3.05) is 33.8 Å². The van der Waals surface area contributed by atoms with Crippen LogP contribution in [0.5, 0.6) is 0 Å². The Morgan fingerprint density at radius 1 is 1.33 bits per heavy atom. The van der Waals surface area contributed by atoms with E-state index in [0.717, 1.165) is 32.2 Å². The fourth-order valence-corrected chi connectivity index (χ4v) is 2.53. The van der Waals surface area contributed by atoms with E-state index < -0.39 is 0 Å². The molecule has 1 saturated carbocycles. The van der Waals surface area contributed by atoms with Gasteiger partial charge in [-0.05, 0) is 32.2 Å². The summed E-state index contributed by atoms with van der Waals surface area (Å²) in [5.74, 6) is -0.0477. The van der Waals surface area contributed by atoms with Crippen LogP contribution in [-0.2, 0) is 14.3 Å². The van der Waals surface area contributed by atoms with Gasteiger partial charge in [0.2, 0.25) is 5.91 Å². The Bertz CT molecular complexity index is 328. The van der Waals surface area contributed by atoms with Crippen molar-refractivity contribution in [1.82, 2.24) is 9.80 Å². The maximum atomic E-state index is 12.0. The SMILES string of the molecule is COC(=O)[C@H]1CCCN(CC(=O)N(C)C2CC2)C1. The molecule has 1 heterocycles. The molecule has 18 heavy (non-hydrogen) atoms. The molecule has 0 N–H and O–H groups in total. The topological polar surface area (TPSA) is 49.9 Å². The predicted octanol–water partition coefficient (Wildman–Crippen LogP) is 0.492. The van der Waals surface area contributed by atoms with Crippen LogP contribution in [0, 0.1) is 5.92 Å². The average Bonchev–Trinajstić information content (AvgIpc) is 3.21. The number of amides is 1. The van der Waals surface area contributed by atoms with Crippen molar-refractivity contribution in [3.8, 4) is 0 Å². The van der Waals surface area contributed by atoms with Crippen molar-refractivity contribution in [3.05, 3.63) is 0 Å². The lowest BCUT2D eigenvalue weighted by molar-refractivity contribution is -0.148. The van der Waals surface area contributed by atoms with E-state index in [1.54, 1.807) is 0 Å². The van der Waals surface area contributed by atoms with Crippen molar-refractivity contribution in [2.24, 2.45) is 5.92 Å². The Morgan fingerprint density at radius 3 is 2.67 bits per heavy atom. The van der Waals surface area contributed by atoms with Gasteiger partial charge in [0, 0.05) is 19.6 Å². The van der Waals surface area contributed by atoms with Crippen LogP contribution < -0.4 is 0 Å². The molecule has 5 heteroatoms. The minimum Gasteiger partial charge on any atom is -0.469 e. The molecule has 1 amide bonds. The van der Waals surface area contributed by atoms with Gasteiger partial charge in [-0.1, -0.05) is 0 Å². The molecule has 0 aromatic heterocycles. The van der Waals surface area contributed by atoms with E-state index in [0.29, 0.717) is 19.1 Å². The van der Waals surface area contributed by atoms with E-state index in [9.17, 15) is 9.59 Å². The quantitative estimate of drug-likeness (QED) is 0.685. The third kappa shape index (κ3) is 3.22. The number of methoxy groups -OCH3 is 1. The van der Waals surface area contributed by atoms with E-state index in [1.807, 2.05) is 11.9 Å². The van der Waals surface area contributed by atoms with E-state index in [-0.39, 0.29) is 17.8 Å². The molecule has 1 atom stereocenters. The molecule has 1 aliphatic carbocycles. The molecule has 0 aromatic rings. The standard InChI is InChI=1S/C13H22N2O3/c1-14(11-5-6-11)12(16)9-15-7-3-4-10(8-15)13(17)18-2/h10-11H,3-9H2,1-2H3/t10-/m0/s1. The Kier molecular flexibility index (Phi) is 4.22. The van der Waals surface area contributed by atoms with Gasteiger partial charge < -0.3 is 9.64 Å². The van der Waals surface area contributed by atoms with Gasteiger partial charge in [-0.3, -0.25) is 14.5 Å². The van der Waals surface area contributed by atoms with Crippen LogP contribution >= 0.6 is 0 Å². The zero-order chi connectivity index (χ0) is 13.1. The number of rotatable bonds is 4. The number of likely N-dealkylation sites (N-methyl/N-ethyl adjacent to an activating group) is 1. The fraction of sp³-hybridized carbons (Fsp3) is 0.846. The highest BCUT2D eigenvalue weighted by atomic mass is 16.5. The number of piperidine rings is 1. The van der Waals surface area contributed by atoms with Crippen LogP contribution in [0.4, 0.5) is 0 Å². The lowest BCUT2D eigenvalue weighted by Crippen LogP contribution is -2.45. The molecule has 0 bridgehead atoms. The minimum absolute atomic E-state index is 0.0669. The highest BCUT2D eigenvalue weighted by Gasteiger charge is 2.32. The summed E-state index contributed by atoms with van der Waals surface area (Å²) < 4.78 is 4.78. The van der Waals surface area contributed by atoms with Crippen LogP contribution in [0.2, 0.25) is 0 Å². The van der Waals surface area contributed by atoms with E-state index in [1.165, 1.54) is 7.11 Å². The second-order valence-corrected chi connectivity index (χ2v) is 5.33. The second kappa shape index (κ2) is 5.69. The molecule has 1 saturated heterocycles. The Labute approximate surface area is 108 Å². The molecular formula is C13H22N2O3. The summed E-state index contributed by atoms with van der Waals surface area (Å²) in [7, 11) is 3.30. The average molecular weight is 254 g/mol. The first-order valence-electron chi connectivity index (χ1n) is 6.67. The molecular weight excluding hydrogens is 232 g/mol. The molecule has 2 rings (SSSR count). The van der Waals surface area contributed by atoms with Crippen LogP contribution in [0.1, 0.15) is 25.7 Å². The van der Waals surface area contributed by atoms with Gasteiger partial charge in [-0.2, -0.15) is 0 Å². The summed E-state index contributed by atoms with van der Waals surface area (Å²) >= 11 is 0. The zero-order valence-electron chi connectivity index (χ0n) is 11.2. The van der Waals surface area contributed by atoms with E-state index in [4.69, 9.17) is 4.74 Å². The molecule has 102 valence electrons. The van der Waals surface area contributed by atoms with Crippen molar-refractivity contribution >= 4 is 11.9 Å². The monoisotopic (exact) mass is 254 g/mol. The van der Waals surface area contributed by atoms with Gasteiger partial charge in [-0.25, -0.2) is 0 Å². The van der Waals surface area contributed by atoms with Crippen molar-refractivity contribution in [2.45, 2.75) is 31.7 Å². The minimum atomic E-state index is -0.150. The van der Waals surface area contributed by atoms with Crippen LogP contribution in [-0.4, -0.2) is 61.5 Å². The first-order valence-corrected chi connectivity index (χ1v) is 6.67. The molecule has 0 aromatic carbocycles. The van der Waals surface area contributed by atoms with Gasteiger partial charge in [0.1, 0.15) is 0 Å². The van der Waals surface area contributed by atoms with Crippen LogP contribution in [0.15, 0.2) is 0 Å². The molecule has 2 fully saturated rings. The number of hydrogen-bond acceptors (Lipinski definition) is 4. The van der Waals surface area contributed by atoms with Crippen molar-refractivity contribution in [1.29, 1.82) is 0 Å². The predicted molar refractivity (Wildman–Crippen MR) is 67.0 cm³/mol. The van der Waals surface area contributed by atoms with Gasteiger partial charge in [0.05, 0.1) is 19.6 Å². The summed E-state index contributed by atoms with van der Waals surface area (Å²) in [6, 6.07) is 0.457. The first-order chi connectivity index (χ1) is 8.61. The number of likely N-dealkylation sites (tertiary alicyclic amines) is 1. The van der Waals surface area contributed by atoms with E-state index >= 15 is 0 Å². The molecule has 1 aliphatic heterocycles. The Balaban J connectivity index is 1.81. The summed E-state index contributed by atoms with van der Waals surface area (Å²) in [5.41, 5.74) is 0. The number of ether oxygens (including phenoxy) is 1. The van der Waals surface area contributed by atoms with Gasteiger partial charge in [0.15, 0.2) is 0 Å². The summed E-state index contributed by atoms with van der Waals surface area (Å²) in [6.07, 6.45) is 4.09. The third-order valence-corrected chi connectivity index (χ3v) is 3.89. The largest absolute Gasteiger partial charge is 0.469 e. The van der Waals surface area contributed by atoms with Crippen molar-refractivity contribution < 1.29 is 14.3 Å². The van der Waals surface area contributed by atoms with Crippen molar-refractivity contribution in [3.63, 3.8) is 0 Å². The summed E-state index contributed by atoms with van der Waals surface area (Å²) in [5, 5.41) is 0. The second-order valence-electron chi connectivity index (χ2n) is 5.33. The molecule has 5 nitrogen and oxygen atoms in total. The summed E-state index contributed by atoms with van der Waals surface area (Å²) in [4.78, 5) is 27.4. The Morgan fingerprint density at radius 2 is 2.06 bits per heavy atom. The maximum absolute atomic E-state index is 12.0. The smallest absolute Gasteiger partial charge is 0.309 e. The van der Waals surface area contributed by atoms with Gasteiger partial charge >= 0.3 is 5.97 Å². The summed E-state index contributed by atoms with van der Waals surface area (Å²) in [6.45, 7) is 1.98. The number of esters is 1. The van der Waals surface area contributed by atoms with Crippen LogP contribution in [0.3, 0.4) is 0 Å². The maximum Gasteiger partial charge on any atom is 0.309 e. The third-order valence-electron chi connectivity index (χ3n) is 3.89. The number of carbonyl (C=O) groups is 2. The lowest BCUT2D eigenvalue weighted by Gasteiger charge is -2.31. The normalized spacial score (nSPS) is 24.7. The molecule has 0 unspecified atom stereocenters. The lowest BCUT2D eigenvalue weighted by atomic mass is 9.98. The van der Waals surface area contributed by atoms with Gasteiger partial charge in [0.25, 0.3) is 0 Å². The number of carbonyl (C=O) groups excluding carboxylic acids is 2. The molecule has 0 radical (unpaired) electrons. The molecule has 0 spiro atoms. The van der Waals surface area contributed by atoms with Gasteiger partial charge in [-0.15, -0.1) is 0 Å². The Hall–Kier alpha value is -1.10. The number of nitrogens with zero attached hydrogens (tertiary/aromatic N) is 2. The van der Waals surface area contributed by atoms with Crippen LogP contribution in [0.25, 0.3) is 0 Å².